The lowest BCUT2D eigenvalue weighted by atomic mass is 10.1. The summed E-state index contributed by atoms with van der Waals surface area (Å²) < 4.78 is 33.4. The molecule has 2 aliphatic heterocycles. The van der Waals surface area contributed by atoms with Crippen molar-refractivity contribution in [1.29, 1.82) is 0 Å². The Bertz CT molecular complexity index is 1290. The van der Waals surface area contributed by atoms with E-state index >= 15 is 0 Å². The van der Waals surface area contributed by atoms with Crippen LogP contribution in [0, 0.1) is 6.92 Å². The Morgan fingerprint density at radius 1 is 1.06 bits per heavy atom. The molecule has 6 nitrogen and oxygen atoms in total. The van der Waals surface area contributed by atoms with E-state index in [0.29, 0.717) is 30.3 Å². The number of nitrogens with zero attached hydrogens (tertiary/aromatic N) is 1. The van der Waals surface area contributed by atoms with E-state index in [0.717, 1.165) is 46.6 Å². The lowest BCUT2D eigenvalue weighted by molar-refractivity contribution is 0.103. The molecule has 32 heavy (non-hydrogen) atoms. The largest absolute Gasteiger partial charge is 0.488 e. The molecule has 1 aromatic heterocycles. The Kier molecular flexibility index (Phi) is 5.53. The molecule has 8 heteroatoms. The molecule has 0 saturated carbocycles. The molecule has 0 atom stereocenters. The maximum absolute atomic E-state index is 13.1. The number of nitrogens with one attached hydrogen (secondary N) is 1. The number of aryl methyl sites for hydroxylation is 1. The maximum atomic E-state index is 13.1. The molecule has 166 valence electrons. The SMILES string of the molecule is Cc1ccc(S(=O)(=O)N2CCCCC2)cc1NC(=O)c1cc2c(s1)-c1ccccc1OC2. The topological polar surface area (TPSA) is 75.7 Å². The molecular weight excluding hydrogens is 444 g/mol. The number of carbonyl (C=O) groups excluding carboxylic acids is 1. The highest BCUT2D eigenvalue weighted by Gasteiger charge is 2.27. The highest BCUT2D eigenvalue weighted by atomic mass is 32.2. The van der Waals surface area contributed by atoms with Crippen molar-refractivity contribution in [3.05, 3.63) is 64.5 Å². The molecule has 0 aliphatic carbocycles. The first-order chi connectivity index (χ1) is 15.4. The minimum atomic E-state index is -3.57. The fraction of sp³-hybridized carbons (Fsp3) is 0.292. The van der Waals surface area contributed by atoms with Crippen LogP contribution in [0.4, 0.5) is 5.69 Å². The minimum Gasteiger partial charge on any atom is -0.488 e. The van der Waals surface area contributed by atoms with Crippen molar-refractivity contribution in [2.24, 2.45) is 0 Å². The van der Waals surface area contributed by atoms with Crippen LogP contribution in [0.1, 0.15) is 40.1 Å². The summed E-state index contributed by atoms with van der Waals surface area (Å²) in [5.74, 6) is 0.567. The Labute approximate surface area is 191 Å². The summed E-state index contributed by atoms with van der Waals surface area (Å²) in [5, 5.41) is 2.92. The van der Waals surface area contributed by atoms with Crippen molar-refractivity contribution in [3.8, 4) is 16.2 Å². The van der Waals surface area contributed by atoms with Crippen LogP contribution in [0.15, 0.2) is 53.4 Å². The number of thiophene rings is 1. The first-order valence-corrected chi connectivity index (χ1v) is 13.0. The quantitative estimate of drug-likeness (QED) is 0.582. The average molecular weight is 469 g/mol. The van der Waals surface area contributed by atoms with Gasteiger partial charge in [-0.25, -0.2) is 8.42 Å². The van der Waals surface area contributed by atoms with Gasteiger partial charge in [-0.15, -0.1) is 11.3 Å². The molecule has 2 aliphatic rings. The van der Waals surface area contributed by atoms with Crippen molar-refractivity contribution in [2.75, 3.05) is 18.4 Å². The molecule has 1 N–H and O–H groups in total. The van der Waals surface area contributed by atoms with Crippen molar-refractivity contribution >= 4 is 33.0 Å². The summed E-state index contributed by atoms with van der Waals surface area (Å²) in [5.41, 5.74) is 3.29. The average Bonchev–Trinajstić information content (AvgIpc) is 3.26. The molecule has 0 radical (unpaired) electrons. The molecule has 2 aromatic carbocycles. The number of fused-ring (bicyclic) bond motifs is 3. The van der Waals surface area contributed by atoms with Gasteiger partial charge in [0.05, 0.1) is 9.77 Å². The van der Waals surface area contributed by atoms with Gasteiger partial charge in [0.25, 0.3) is 5.91 Å². The van der Waals surface area contributed by atoms with E-state index in [9.17, 15) is 13.2 Å². The van der Waals surface area contributed by atoms with Crippen LogP contribution in [0.25, 0.3) is 10.4 Å². The van der Waals surface area contributed by atoms with Crippen molar-refractivity contribution in [3.63, 3.8) is 0 Å². The summed E-state index contributed by atoms with van der Waals surface area (Å²) in [6.45, 7) is 3.37. The zero-order valence-corrected chi connectivity index (χ0v) is 19.4. The van der Waals surface area contributed by atoms with Crippen LogP contribution in [0.2, 0.25) is 0 Å². The van der Waals surface area contributed by atoms with Crippen LogP contribution < -0.4 is 10.1 Å². The van der Waals surface area contributed by atoms with Gasteiger partial charge in [-0.05, 0) is 55.7 Å². The third kappa shape index (κ3) is 3.83. The van der Waals surface area contributed by atoms with E-state index in [4.69, 9.17) is 4.74 Å². The number of para-hydroxylation sites is 1. The van der Waals surface area contributed by atoms with Gasteiger partial charge in [0.2, 0.25) is 10.0 Å². The van der Waals surface area contributed by atoms with Crippen LogP contribution in [-0.4, -0.2) is 31.7 Å². The lowest BCUT2D eigenvalue weighted by Crippen LogP contribution is -2.35. The Hall–Kier alpha value is -2.68. The van der Waals surface area contributed by atoms with Crippen LogP contribution in [0.5, 0.6) is 5.75 Å². The van der Waals surface area contributed by atoms with E-state index in [1.165, 1.54) is 15.6 Å². The van der Waals surface area contributed by atoms with Gasteiger partial charge >= 0.3 is 0 Å². The van der Waals surface area contributed by atoms with Gasteiger partial charge in [0, 0.05) is 34.8 Å². The molecule has 0 bridgehead atoms. The van der Waals surface area contributed by atoms with Gasteiger partial charge < -0.3 is 10.1 Å². The molecule has 0 spiro atoms. The van der Waals surface area contributed by atoms with Gasteiger partial charge in [0.1, 0.15) is 12.4 Å². The fourth-order valence-electron chi connectivity index (χ4n) is 4.15. The zero-order valence-electron chi connectivity index (χ0n) is 17.8. The van der Waals surface area contributed by atoms with Gasteiger partial charge in [-0.1, -0.05) is 24.6 Å². The predicted molar refractivity (Wildman–Crippen MR) is 126 cm³/mol. The number of hydrogen-bond acceptors (Lipinski definition) is 5. The van der Waals surface area contributed by atoms with E-state index in [1.54, 1.807) is 18.2 Å². The number of amides is 1. The van der Waals surface area contributed by atoms with E-state index in [-0.39, 0.29) is 10.8 Å². The summed E-state index contributed by atoms with van der Waals surface area (Å²) in [6.07, 6.45) is 2.82. The van der Waals surface area contributed by atoms with Crippen LogP contribution in [-0.2, 0) is 16.6 Å². The maximum Gasteiger partial charge on any atom is 0.265 e. The number of hydrogen-bond donors (Lipinski definition) is 1. The summed E-state index contributed by atoms with van der Waals surface area (Å²) in [4.78, 5) is 14.9. The van der Waals surface area contributed by atoms with E-state index in [1.807, 2.05) is 37.3 Å². The fourth-order valence-corrected chi connectivity index (χ4v) is 6.78. The minimum absolute atomic E-state index is 0.216. The number of carbonyl (C=O) groups is 1. The summed E-state index contributed by atoms with van der Waals surface area (Å²) in [7, 11) is -3.57. The van der Waals surface area contributed by atoms with Crippen molar-refractivity contribution in [1.82, 2.24) is 4.31 Å². The van der Waals surface area contributed by atoms with E-state index < -0.39 is 10.0 Å². The first kappa shape index (κ1) is 21.2. The van der Waals surface area contributed by atoms with E-state index in [2.05, 4.69) is 5.32 Å². The molecule has 1 amide bonds. The number of benzene rings is 2. The van der Waals surface area contributed by atoms with Crippen molar-refractivity contribution < 1.29 is 17.9 Å². The van der Waals surface area contributed by atoms with Crippen LogP contribution in [0.3, 0.4) is 0 Å². The molecule has 5 rings (SSSR count). The number of anilines is 1. The second kappa shape index (κ2) is 8.35. The summed E-state index contributed by atoms with van der Waals surface area (Å²) >= 11 is 1.43. The Morgan fingerprint density at radius 2 is 1.84 bits per heavy atom. The smallest absolute Gasteiger partial charge is 0.265 e. The lowest BCUT2D eigenvalue weighted by Gasteiger charge is -2.26. The number of rotatable bonds is 4. The monoisotopic (exact) mass is 468 g/mol. The Morgan fingerprint density at radius 3 is 2.66 bits per heavy atom. The zero-order chi connectivity index (χ0) is 22.3. The molecule has 1 saturated heterocycles. The van der Waals surface area contributed by atoms with Gasteiger partial charge in [-0.2, -0.15) is 4.31 Å². The van der Waals surface area contributed by atoms with Crippen molar-refractivity contribution in [2.45, 2.75) is 37.7 Å². The third-order valence-corrected chi connectivity index (χ3v) is 9.06. The highest BCUT2D eigenvalue weighted by molar-refractivity contribution is 7.89. The molecule has 3 heterocycles. The molecular formula is C24H24N2O4S2. The molecule has 3 aromatic rings. The van der Waals surface area contributed by atoms with Crippen LogP contribution >= 0.6 is 11.3 Å². The predicted octanol–water partition coefficient (Wildman–Crippen LogP) is 5.04. The normalized spacial score (nSPS) is 16.0. The molecule has 0 unspecified atom stereocenters. The summed E-state index contributed by atoms with van der Waals surface area (Å²) in [6, 6.07) is 14.6. The Balaban J connectivity index is 1.41. The first-order valence-electron chi connectivity index (χ1n) is 10.7. The number of piperidine rings is 1. The second-order valence-electron chi connectivity index (χ2n) is 8.15. The number of sulfonamides is 1. The second-order valence-corrected chi connectivity index (χ2v) is 11.1. The standard InChI is InChI=1S/C24H24N2O4S2/c1-16-9-10-18(32(28,29)26-11-5-2-6-12-26)14-20(16)25-24(27)22-13-17-15-30-21-8-4-3-7-19(21)23(17)31-22/h3-4,7-10,13-14H,2,5-6,11-12,15H2,1H3,(H,25,27). The highest BCUT2D eigenvalue weighted by Crippen LogP contribution is 2.42. The number of ether oxygens (including phenoxy) is 1. The van der Waals surface area contributed by atoms with Gasteiger partial charge in [-0.3, -0.25) is 4.79 Å². The van der Waals surface area contributed by atoms with Gasteiger partial charge in [0.15, 0.2) is 0 Å². The molecule has 1 fully saturated rings. The third-order valence-electron chi connectivity index (χ3n) is 5.96.